The van der Waals surface area contributed by atoms with Gasteiger partial charge in [-0.3, -0.25) is 0 Å². The summed E-state index contributed by atoms with van der Waals surface area (Å²) in [4.78, 5) is 5.50. The van der Waals surface area contributed by atoms with E-state index in [1.807, 2.05) is 18.7 Å². The Balaban J connectivity index is 1.64. The molecule has 1 saturated heterocycles. The Labute approximate surface area is 94.5 Å². The number of hydrogen-bond acceptors (Lipinski definition) is 2. The highest BCUT2D eigenvalue weighted by Crippen LogP contribution is 1.87. The fourth-order valence-electron chi connectivity index (χ4n) is 1.64. The van der Waals surface area contributed by atoms with Gasteiger partial charge in [0, 0.05) is 25.4 Å². The van der Waals surface area contributed by atoms with Crippen LogP contribution in [0.15, 0.2) is 18.7 Å². The Morgan fingerprint density at radius 3 is 2.93 bits per heavy atom. The zero-order chi connectivity index (χ0) is 10.5. The highest BCUT2D eigenvalue weighted by molar-refractivity contribution is 7.80. The van der Waals surface area contributed by atoms with Crippen LogP contribution < -0.4 is 15.5 Å². The van der Waals surface area contributed by atoms with Gasteiger partial charge < -0.3 is 20.1 Å². The Kier molecular flexibility index (Phi) is 3.52. The van der Waals surface area contributed by atoms with E-state index >= 15 is 0 Å². The van der Waals surface area contributed by atoms with Crippen LogP contribution in [0.1, 0.15) is 6.42 Å². The average molecular weight is 226 g/mol. The molecule has 0 saturated carbocycles. The second-order valence-electron chi connectivity index (χ2n) is 3.69. The van der Waals surface area contributed by atoms with Crippen LogP contribution in [0.25, 0.3) is 0 Å². The summed E-state index contributed by atoms with van der Waals surface area (Å²) in [5.41, 5.74) is 0. The first-order valence-corrected chi connectivity index (χ1v) is 5.56. The predicted octanol–water partition coefficient (Wildman–Crippen LogP) is -1.45. The number of aromatic nitrogens is 2. The lowest BCUT2D eigenvalue weighted by Gasteiger charge is -2.26. The molecule has 0 radical (unpaired) electrons. The predicted molar refractivity (Wildman–Crippen MR) is 61.3 cm³/mol. The lowest BCUT2D eigenvalue weighted by Crippen LogP contribution is -3.17. The Hall–Kier alpha value is -1.14. The van der Waals surface area contributed by atoms with E-state index in [1.165, 1.54) is 4.90 Å². The maximum Gasteiger partial charge on any atom is 0.174 e. The molecule has 0 bridgehead atoms. The fourth-order valence-corrected chi connectivity index (χ4v) is 1.79. The Bertz CT molecular complexity index is 300. The number of thiocarbonyl (C=S) groups is 1. The minimum Gasteiger partial charge on any atom is -0.337 e. The molecule has 0 amide bonds. The molecule has 82 valence electrons. The van der Waals surface area contributed by atoms with Gasteiger partial charge in [-0.1, -0.05) is 0 Å². The molecule has 0 unspecified atom stereocenters. The molecule has 5 nitrogen and oxygen atoms in total. The van der Waals surface area contributed by atoms with Crippen LogP contribution in [0, 0.1) is 0 Å². The molecule has 6 heteroatoms. The van der Waals surface area contributed by atoms with Gasteiger partial charge in [-0.05, 0) is 12.2 Å². The van der Waals surface area contributed by atoms with Gasteiger partial charge in [-0.15, -0.1) is 0 Å². The average Bonchev–Trinajstić information content (AvgIpc) is 2.74. The monoisotopic (exact) mass is 226 g/mol. The molecule has 0 aliphatic carbocycles. The van der Waals surface area contributed by atoms with Crippen molar-refractivity contribution >= 4 is 17.3 Å². The Morgan fingerprint density at radius 2 is 2.27 bits per heavy atom. The van der Waals surface area contributed by atoms with Crippen LogP contribution in [0.3, 0.4) is 0 Å². The van der Waals surface area contributed by atoms with Gasteiger partial charge in [0.1, 0.15) is 0 Å². The highest BCUT2D eigenvalue weighted by atomic mass is 32.1. The molecule has 3 N–H and O–H groups in total. The van der Waals surface area contributed by atoms with Crippen molar-refractivity contribution in [2.24, 2.45) is 0 Å². The third-order valence-corrected chi connectivity index (χ3v) is 2.79. The second-order valence-corrected chi connectivity index (χ2v) is 4.10. The van der Waals surface area contributed by atoms with Crippen molar-refractivity contribution < 1.29 is 4.90 Å². The van der Waals surface area contributed by atoms with Gasteiger partial charge in [-0.2, -0.15) is 0 Å². The van der Waals surface area contributed by atoms with Crippen molar-refractivity contribution in [3.8, 4) is 0 Å². The van der Waals surface area contributed by atoms with Gasteiger partial charge in [0.05, 0.1) is 12.9 Å². The number of aryl methyl sites for hydroxylation is 1. The molecule has 0 spiro atoms. The lowest BCUT2D eigenvalue weighted by atomic mass is 10.4. The van der Waals surface area contributed by atoms with E-state index in [4.69, 9.17) is 12.2 Å². The number of nitrogens with zero attached hydrogens (tertiary/aromatic N) is 2. The van der Waals surface area contributed by atoms with Crippen molar-refractivity contribution in [1.82, 2.24) is 20.2 Å². The van der Waals surface area contributed by atoms with Crippen LogP contribution >= 0.6 is 12.2 Å². The molecule has 0 atom stereocenters. The van der Waals surface area contributed by atoms with Gasteiger partial charge in [-0.25, -0.2) is 4.98 Å². The number of imidazole rings is 1. The second kappa shape index (κ2) is 5.09. The molecule has 1 fully saturated rings. The highest BCUT2D eigenvalue weighted by Gasteiger charge is 2.13. The number of nitrogens with one attached hydrogen (secondary N) is 3. The quantitative estimate of drug-likeness (QED) is 0.550. The summed E-state index contributed by atoms with van der Waals surface area (Å²) in [5.74, 6) is 0. The van der Waals surface area contributed by atoms with Crippen LogP contribution in [0.2, 0.25) is 0 Å². The molecule has 1 aromatic heterocycles. The van der Waals surface area contributed by atoms with Crippen molar-refractivity contribution in [1.29, 1.82) is 0 Å². The van der Waals surface area contributed by atoms with Crippen molar-refractivity contribution in [3.05, 3.63) is 18.7 Å². The van der Waals surface area contributed by atoms with E-state index in [1.54, 1.807) is 0 Å². The SMILES string of the molecule is S=C1NC[NH+](CCCn2ccnc2)CN1. The summed E-state index contributed by atoms with van der Waals surface area (Å²) in [6.07, 6.45) is 6.82. The third kappa shape index (κ3) is 3.17. The van der Waals surface area contributed by atoms with Gasteiger partial charge in [0.15, 0.2) is 18.4 Å². The molecule has 2 rings (SSSR count). The maximum absolute atomic E-state index is 4.99. The van der Waals surface area contributed by atoms with E-state index in [0.717, 1.165) is 38.0 Å². The standard InChI is InChI=1S/C9H15N5S/c15-9-11-7-14(8-12-9)4-1-3-13-5-2-10-6-13/h2,5-6H,1,3-4,7-8H2,(H2,11,12,15)/p+1. The van der Waals surface area contributed by atoms with Crippen molar-refractivity contribution in [3.63, 3.8) is 0 Å². The molecule has 15 heavy (non-hydrogen) atoms. The van der Waals surface area contributed by atoms with Gasteiger partial charge >= 0.3 is 0 Å². The first kappa shape index (κ1) is 10.4. The third-order valence-electron chi connectivity index (χ3n) is 2.50. The van der Waals surface area contributed by atoms with Gasteiger partial charge in [0.25, 0.3) is 0 Å². The number of quaternary nitrogens is 1. The summed E-state index contributed by atoms with van der Waals surface area (Å²) in [5, 5.41) is 7.05. The maximum atomic E-state index is 4.99. The molecule has 1 aromatic rings. The van der Waals surface area contributed by atoms with Crippen LogP contribution in [0.5, 0.6) is 0 Å². The topological polar surface area (TPSA) is 46.3 Å². The van der Waals surface area contributed by atoms with Crippen molar-refractivity contribution in [2.75, 3.05) is 19.9 Å². The smallest absolute Gasteiger partial charge is 0.174 e. The summed E-state index contributed by atoms with van der Waals surface area (Å²) in [6, 6.07) is 0. The first-order valence-electron chi connectivity index (χ1n) is 5.15. The zero-order valence-corrected chi connectivity index (χ0v) is 9.39. The van der Waals surface area contributed by atoms with Crippen LogP contribution in [-0.4, -0.2) is 34.5 Å². The summed E-state index contributed by atoms with van der Waals surface area (Å²) >= 11 is 4.99. The molecule has 1 aliphatic rings. The minimum absolute atomic E-state index is 0.772. The van der Waals surface area contributed by atoms with Gasteiger partial charge in [0.2, 0.25) is 0 Å². The van der Waals surface area contributed by atoms with E-state index in [0.29, 0.717) is 0 Å². The van der Waals surface area contributed by atoms with Crippen LogP contribution in [0.4, 0.5) is 0 Å². The largest absolute Gasteiger partial charge is 0.337 e. The summed E-state index contributed by atoms with van der Waals surface area (Å²) in [7, 11) is 0. The van der Waals surface area contributed by atoms with Crippen LogP contribution in [-0.2, 0) is 6.54 Å². The number of rotatable bonds is 4. The first-order chi connectivity index (χ1) is 7.34. The molecule has 1 aliphatic heterocycles. The van der Waals surface area contributed by atoms with E-state index in [2.05, 4.69) is 20.2 Å². The zero-order valence-electron chi connectivity index (χ0n) is 8.57. The summed E-state index contributed by atoms with van der Waals surface area (Å²) in [6.45, 7) is 4.03. The molecule has 2 heterocycles. The Morgan fingerprint density at radius 1 is 1.47 bits per heavy atom. The molecular formula is C9H16N5S+. The fraction of sp³-hybridized carbons (Fsp3) is 0.556. The summed E-state index contributed by atoms with van der Waals surface area (Å²) < 4.78 is 2.11. The van der Waals surface area contributed by atoms with Crippen molar-refractivity contribution in [2.45, 2.75) is 13.0 Å². The number of hydrogen-bond donors (Lipinski definition) is 3. The molecule has 0 aromatic carbocycles. The molecular weight excluding hydrogens is 210 g/mol. The van der Waals surface area contributed by atoms with E-state index in [9.17, 15) is 0 Å². The van der Waals surface area contributed by atoms with E-state index < -0.39 is 0 Å². The lowest BCUT2D eigenvalue weighted by molar-refractivity contribution is -0.906. The normalized spacial score (nSPS) is 17.2. The van der Waals surface area contributed by atoms with E-state index in [-0.39, 0.29) is 0 Å². The minimum atomic E-state index is 0.772.